The second kappa shape index (κ2) is 6.26. The maximum atomic E-state index is 12.4. The zero-order valence-electron chi connectivity index (χ0n) is 13.0. The van der Waals surface area contributed by atoms with E-state index in [1.165, 1.54) is 0 Å². The third-order valence-corrected chi connectivity index (χ3v) is 3.85. The second-order valence-corrected chi connectivity index (χ2v) is 5.59. The molecule has 2 amide bonds. The van der Waals surface area contributed by atoms with Gasteiger partial charge < -0.3 is 10.2 Å². The zero-order valence-corrected chi connectivity index (χ0v) is 13.0. The Labute approximate surface area is 124 Å². The van der Waals surface area contributed by atoms with Crippen LogP contribution in [0.1, 0.15) is 24.3 Å². The Morgan fingerprint density at radius 2 is 2.10 bits per heavy atom. The first-order valence-electron chi connectivity index (χ1n) is 7.20. The highest BCUT2D eigenvalue weighted by Gasteiger charge is 2.35. The van der Waals surface area contributed by atoms with Crippen LogP contribution in [0.15, 0.2) is 12.3 Å². The summed E-state index contributed by atoms with van der Waals surface area (Å²) >= 11 is 0. The van der Waals surface area contributed by atoms with Gasteiger partial charge in [0.05, 0.1) is 0 Å². The molecule has 1 unspecified atom stereocenters. The minimum absolute atomic E-state index is 0.0535. The van der Waals surface area contributed by atoms with Crippen LogP contribution >= 0.6 is 0 Å². The van der Waals surface area contributed by atoms with E-state index in [0.717, 1.165) is 0 Å². The topological polar surface area (TPSA) is 70.5 Å². The predicted octanol–water partition coefficient (Wildman–Crippen LogP) is -0.299. The molecule has 1 N–H and O–H groups in total. The SMILES string of the molecule is CNC(=O)C1CN(C(=O)c2ccn(C)n2)CCN1C(C)C. The van der Waals surface area contributed by atoms with Crippen LogP contribution in [0, 0.1) is 0 Å². The van der Waals surface area contributed by atoms with Gasteiger partial charge in [0.15, 0.2) is 0 Å². The summed E-state index contributed by atoms with van der Waals surface area (Å²) in [4.78, 5) is 28.4. The molecular weight excluding hydrogens is 270 g/mol. The minimum atomic E-state index is -0.309. The van der Waals surface area contributed by atoms with Crippen molar-refractivity contribution in [2.45, 2.75) is 25.9 Å². The van der Waals surface area contributed by atoms with Gasteiger partial charge in [0, 0.05) is 46.0 Å². The molecule has 0 radical (unpaired) electrons. The Hall–Kier alpha value is -1.89. The summed E-state index contributed by atoms with van der Waals surface area (Å²) < 4.78 is 1.60. The third kappa shape index (κ3) is 3.24. The summed E-state index contributed by atoms with van der Waals surface area (Å²) in [5, 5.41) is 6.83. The van der Waals surface area contributed by atoms with Gasteiger partial charge in [-0.3, -0.25) is 19.2 Å². The highest BCUT2D eigenvalue weighted by atomic mass is 16.2. The van der Waals surface area contributed by atoms with E-state index in [9.17, 15) is 9.59 Å². The molecule has 2 heterocycles. The Kier molecular flexibility index (Phi) is 4.62. The van der Waals surface area contributed by atoms with Gasteiger partial charge in [-0.1, -0.05) is 0 Å². The number of hydrogen-bond donors (Lipinski definition) is 1. The summed E-state index contributed by atoms with van der Waals surface area (Å²) in [6.07, 6.45) is 1.74. The van der Waals surface area contributed by atoms with Crippen LogP contribution in [0.25, 0.3) is 0 Å². The number of aryl methyl sites for hydroxylation is 1. The lowest BCUT2D eigenvalue weighted by atomic mass is 10.1. The first-order chi connectivity index (χ1) is 9.93. The molecule has 0 saturated carbocycles. The van der Waals surface area contributed by atoms with Crippen molar-refractivity contribution in [3.05, 3.63) is 18.0 Å². The molecule has 7 heteroatoms. The minimum Gasteiger partial charge on any atom is -0.358 e. The lowest BCUT2D eigenvalue weighted by molar-refractivity contribution is -0.128. The van der Waals surface area contributed by atoms with E-state index in [1.54, 1.807) is 35.9 Å². The number of nitrogens with one attached hydrogen (secondary N) is 1. The highest BCUT2D eigenvalue weighted by Crippen LogP contribution is 2.15. The molecule has 1 aliphatic heterocycles. The van der Waals surface area contributed by atoms with Crippen LogP contribution in [0.2, 0.25) is 0 Å². The average molecular weight is 293 g/mol. The Balaban J connectivity index is 2.13. The van der Waals surface area contributed by atoms with Gasteiger partial charge in [-0.15, -0.1) is 0 Å². The quantitative estimate of drug-likeness (QED) is 0.831. The number of rotatable bonds is 3. The molecule has 1 aromatic rings. The number of hydrogen-bond acceptors (Lipinski definition) is 4. The summed E-state index contributed by atoms with van der Waals surface area (Å²) in [5.41, 5.74) is 0.422. The van der Waals surface area contributed by atoms with Gasteiger partial charge >= 0.3 is 0 Å². The van der Waals surface area contributed by atoms with Gasteiger partial charge in [-0.05, 0) is 19.9 Å². The van der Waals surface area contributed by atoms with Gasteiger partial charge in [-0.25, -0.2) is 0 Å². The number of carbonyl (C=O) groups excluding carboxylic acids is 2. The number of likely N-dealkylation sites (N-methyl/N-ethyl adjacent to an activating group) is 1. The van der Waals surface area contributed by atoms with Gasteiger partial charge in [0.1, 0.15) is 11.7 Å². The van der Waals surface area contributed by atoms with Gasteiger partial charge in [0.25, 0.3) is 5.91 Å². The first-order valence-corrected chi connectivity index (χ1v) is 7.20. The van der Waals surface area contributed by atoms with E-state index in [1.807, 2.05) is 0 Å². The zero-order chi connectivity index (χ0) is 15.6. The number of carbonyl (C=O) groups is 2. The maximum Gasteiger partial charge on any atom is 0.274 e. The number of nitrogens with zero attached hydrogens (tertiary/aromatic N) is 4. The van der Waals surface area contributed by atoms with E-state index in [4.69, 9.17) is 0 Å². The smallest absolute Gasteiger partial charge is 0.274 e. The number of amides is 2. The molecule has 7 nitrogen and oxygen atoms in total. The van der Waals surface area contributed by atoms with Crippen molar-refractivity contribution >= 4 is 11.8 Å². The van der Waals surface area contributed by atoms with Crippen LogP contribution in [-0.4, -0.2) is 70.2 Å². The molecule has 0 spiro atoms. The lowest BCUT2D eigenvalue weighted by Gasteiger charge is -2.42. The van der Waals surface area contributed by atoms with Gasteiger partial charge in [-0.2, -0.15) is 5.10 Å². The fourth-order valence-electron chi connectivity index (χ4n) is 2.69. The Morgan fingerprint density at radius 1 is 1.38 bits per heavy atom. The Bertz CT molecular complexity index is 525. The molecular formula is C14H23N5O2. The summed E-state index contributed by atoms with van der Waals surface area (Å²) in [7, 11) is 3.40. The molecule has 1 fully saturated rings. The molecule has 1 saturated heterocycles. The van der Waals surface area contributed by atoms with Crippen LogP contribution in [0.4, 0.5) is 0 Å². The first kappa shape index (κ1) is 15.5. The molecule has 1 aliphatic rings. The maximum absolute atomic E-state index is 12.4. The standard InChI is InChI=1S/C14H23N5O2/c1-10(2)19-8-7-18(9-12(19)13(20)15-3)14(21)11-5-6-17(4)16-11/h5-6,10,12H,7-9H2,1-4H3,(H,15,20). The van der Waals surface area contributed by atoms with Crippen LogP contribution in [-0.2, 0) is 11.8 Å². The fraction of sp³-hybridized carbons (Fsp3) is 0.643. The average Bonchev–Trinajstić information content (AvgIpc) is 2.91. The molecule has 116 valence electrons. The van der Waals surface area contributed by atoms with Crippen molar-refractivity contribution in [3.8, 4) is 0 Å². The van der Waals surface area contributed by atoms with Crippen molar-refractivity contribution in [1.29, 1.82) is 0 Å². The number of aromatic nitrogens is 2. The molecule has 0 aromatic carbocycles. The normalized spacial score (nSPS) is 19.9. The number of piperazine rings is 1. The fourth-order valence-corrected chi connectivity index (χ4v) is 2.69. The lowest BCUT2D eigenvalue weighted by Crippen LogP contribution is -2.61. The van der Waals surface area contributed by atoms with E-state index < -0.39 is 0 Å². The monoisotopic (exact) mass is 293 g/mol. The largest absolute Gasteiger partial charge is 0.358 e. The van der Waals surface area contributed by atoms with Crippen LogP contribution < -0.4 is 5.32 Å². The molecule has 2 rings (SSSR count). The van der Waals surface area contributed by atoms with Crippen molar-refractivity contribution in [3.63, 3.8) is 0 Å². The highest BCUT2D eigenvalue weighted by molar-refractivity contribution is 5.93. The van der Waals surface area contributed by atoms with E-state index in [0.29, 0.717) is 25.3 Å². The summed E-state index contributed by atoms with van der Waals surface area (Å²) in [6, 6.07) is 1.65. The molecule has 1 atom stereocenters. The Morgan fingerprint density at radius 3 is 2.62 bits per heavy atom. The van der Waals surface area contributed by atoms with Crippen LogP contribution in [0.3, 0.4) is 0 Å². The predicted molar refractivity (Wildman–Crippen MR) is 78.8 cm³/mol. The van der Waals surface area contributed by atoms with E-state index >= 15 is 0 Å². The molecule has 1 aromatic heterocycles. The van der Waals surface area contributed by atoms with E-state index in [2.05, 4.69) is 29.2 Å². The summed E-state index contributed by atoms with van der Waals surface area (Å²) in [6.45, 7) is 5.82. The molecule has 0 bridgehead atoms. The van der Waals surface area contributed by atoms with Crippen molar-refractivity contribution in [2.24, 2.45) is 7.05 Å². The second-order valence-electron chi connectivity index (χ2n) is 5.59. The summed E-state index contributed by atoms with van der Waals surface area (Å²) in [5.74, 6) is -0.171. The molecule has 0 aliphatic carbocycles. The third-order valence-electron chi connectivity index (χ3n) is 3.85. The van der Waals surface area contributed by atoms with E-state index in [-0.39, 0.29) is 23.9 Å². The van der Waals surface area contributed by atoms with Crippen molar-refractivity contribution < 1.29 is 9.59 Å². The van der Waals surface area contributed by atoms with Crippen LogP contribution in [0.5, 0.6) is 0 Å². The van der Waals surface area contributed by atoms with Crippen molar-refractivity contribution in [2.75, 3.05) is 26.7 Å². The van der Waals surface area contributed by atoms with Gasteiger partial charge in [0.2, 0.25) is 5.91 Å². The van der Waals surface area contributed by atoms with Crippen molar-refractivity contribution in [1.82, 2.24) is 24.9 Å². The molecule has 21 heavy (non-hydrogen) atoms.